The number of carbonyl (C=O) groups is 1. The summed E-state index contributed by atoms with van der Waals surface area (Å²) in [6.45, 7) is 7.85. The maximum Gasteiger partial charge on any atom is 0.413 e. The molecule has 7 heteroatoms. The lowest BCUT2D eigenvalue weighted by Gasteiger charge is -2.35. The molecular weight excluding hydrogens is 298 g/mol. The lowest BCUT2D eigenvalue weighted by molar-refractivity contribution is -0.101. The molecule has 23 heavy (non-hydrogen) atoms. The Bertz CT molecular complexity index is 573. The van der Waals surface area contributed by atoms with E-state index in [1.807, 2.05) is 27.7 Å². The molecule has 0 bridgehead atoms. The minimum atomic E-state index is -0.654. The van der Waals surface area contributed by atoms with E-state index in [-0.39, 0.29) is 5.82 Å². The van der Waals surface area contributed by atoms with E-state index in [9.17, 15) is 4.79 Å². The highest BCUT2D eigenvalue weighted by atomic mass is 16.6. The van der Waals surface area contributed by atoms with Crippen LogP contribution in [0.3, 0.4) is 0 Å². The van der Waals surface area contributed by atoms with Crippen LogP contribution in [0.5, 0.6) is 5.75 Å². The molecule has 0 saturated carbocycles. The Hall–Kier alpha value is -2.02. The van der Waals surface area contributed by atoms with Crippen molar-refractivity contribution >= 4 is 11.9 Å². The predicted octanol–water partition coefficient (Wildman–Crippen LogP) is 2.41. The van der Waals surface area contributed by atoms with Crippen molar-refractivity contribution in [2.45, 2.75) is 51.5 Å². The smallest absolute Gasteiger partial charge is 0.413 e. The normalized spacial score (nSPS) is 24.6. The van der Waals surface area contributed by atoms with Crippen LogP contribution < -0.4 is 10.5 Å². The molecule has 1 aromatic rings. The molecule has 7 nitrogen and oxygen atoms in total. The Balaban J connectivity index is 2.25. The van der Waals surface area contributed by atoms with Crippen molar-refractivity contribution in [3.05, 3.63) is 18.3 Å². The molecule has 2 atom stereocenters. The van der Waals surface area contributed by atoms with E-state index in [0.717, 1.165) is 0 Å². The fourth-order valence-electron chi connectivity index (χ4n) is 2.43. The van der Waals surface area contributed by atoms with Gasteiger partial charge in [0, 0.05) is 19.9 Å². The number of hydrogen-bond acceptors (Lipinski definition) is 6. The van der Waals surface area contributed by atoms with E-state index in [1.165, 1.54) is 4.90 Å². The first-order valence-corrected chi connectivity index (χ1v) is 7.58. The van der Waals surface area contributed by atoms with Gasteiger partial charge < -0.3 is 19.9 Å². The Morgan fingerprint density at radius 3 is 2.74 bits per heavy atom. The van der Waals surface area contributed by atoms with Gasteiger partial charge in [0.1, 0.15) is 11.2 Å². The number of anilines is 1. The second-order valence-corrected chi connectivity index (χ2v) is 6.80. The van der Waals surface area contributed by atoms with Crippen LogP contribution in [-0.2, 0) is 9.47 Å². The molecule has 128 valence electrons. The van der Waals surface area contributed by atoms with Gasteiger partial charge in [-0.05, 0) is 46.2 Å². The van der Waals surface area contributed by atoms with Crippen molar-refractivity contribution in [2.75, 3.05) is 19.4 Å². The number of nitrogen functional groups attached to an aromatic ring is 1. The van der Waals surface area contributed by atoms with Crippen LogP contribution in [0.2, 0.25) is 0 Å². The molecule has 2 rings (SSSR count). The Morgan fingerprint density at radius 1 is 1.48 bits per heavy atom. The zero-order valence-electron chi connectivity index (χ0n) is 14.3. The lowest BCUT2D eigenvalue weighted by atomic mass is 10.0. The average molecular weight is 323 g/mol. The van der Waals surface area contributed by atoms with Crippen molar-refractivity contribution in [1.82, 2.24) is 9.88 Å². The van der Waals surface area contributed by atoms with Crippen LogP contribution >= 0.6 is 0 Å². The van der Waals surface area contributed by atoms with Crippen LogP contribution in [0.25, 0.3) is 0 Å². The van der Waals surface area contributed by atoms with Crippen LogP contribution in [0, 0.1) is 0 Å². The van der Waals surface area contributed by atoms with Gasteiger partial charge >= 0.3 is 6.09 Å². The molecule has 1 amide bonds. The number of hydrogen-bond donors (Lipinski definition) is 1. The lowest BCUT2D eigenvalue weighted by Crippen LogP contribution is -2.51. The number of rotatable bonds is 3. The van der Waals surface area contributed by atoms with Crippen molar-refractivity contribution in [3.63, 3.8) is 0 Å². The summed E-state index contributed by atoms with van der Waals surface area (Å²) in [5, 5.41) is 0. The van der Waals surface area contributed by atoms with Gasteiger partial charge in [-0.3, -0.25) is 4.90 Å². The molecular formula is C16H25N3O4. The molecule has 1 aliphatic heterocycles. The van der Waals surface area contributed by atoms with Gasteiger partial charge in [-0.2, -0.15) is 0 Å². The summed E-state index contributed by atoms with van der Waals surface area (Å²) < 4.78 is 17.0. The topological polar surface area (TPSA) is 86.9 Å². The summed E-state index contributed by atoms with van der Waals surface area (Å²) in [6, 6.07) is 3.44. The molecule has 1 aliphatic rings. The second kappa shape index (κ2) is 6.23. The first-order chi connectivity index (χ1) is 10.7. The third kappa shape index (κ3) is 3.85. The molecule has 1 fully saturated rings. The maximum atomic E-state index is 12.5. The monoisotopic (exact) mass is 323 g/mol. The van der Waals surface area contributed by atoms with Crippen molar-refractivity contribution in [3.8, 4) is 5.75 Å². The van der Waals surface area contributed by atoms with Gasteiger partial charge in [0.15, 0.2) is 11.6 Å². The third-order valence-electron chi connectivity index (χ3n) is 3.79. The van der Waals surface area contributed by atoms with E-state index in [1.54, 1.807) is 25.4 Å². The van der Waals surface area contributed by atoms with E-state index < -0.39 is 23.5 Å². The third-order valence-corrected chi connectivity index (χ3v) is 3.79. The van der Waals surface area contributed by atoms with Crippen molar-refractivity contribution in [2.24, 2.45) is 0 Å². The number of ether oxygens (including phenoxy) is 3. The average Bonchev–Trinajstić information content (AvgIpc) is 2.78. The van der Waals surface area contributed by atoms with E-state index in [0.29, 0.717) is 18.7 Å². The van der Waals surface area contributed by atoms with Crippen LogP contribution in [0.15, 0.2) is 18.3 Å². The minimum absolute atomic E-state index is 0.266. The van der Waals surface area contributed by atoms with Crippen molar-refractivity contribution < 1.29 is 19.0 Å². The van der Waals surface area contributed by atoms with E-state index in [4.69, 9.17) is 19.9 Å². The number of nitrogens with zero attached hydrogens (tertiary/aromatic N) is 2. The van der Waals surface area contributed by atoms with E-state index in [2.05, 4.69) is 4.98 Å². The maximum absolute atomic E-state index is 12.5. The second-order valence-electron chi connectivity index (χ2n) is 6.80. The Labute approximate surface area is 136 Å². The number of carbonyl (C=O) groups excluding carboxylic acids is 1. The van der Waals surface area contributed by atoms with Gasteiger partial charge in [-0.25, -0.2) is 9.78 Å². The fourth-order valence-corrected chi connectivity index (χ4v) is 2.43. The number of methoxy groups -OCH3 is 1. The summed E-state index contributed by atoms with van der Waals surface area (Å²) in [5.41, 5.74) is 4.60. The minimum Gasteiger partial charge on any atom is -0.463 e. The molecule has 1 aromatic heterocycles. The van der Waals surface area contributed by atoms with Crippen LogP contribution in [-0.4, -0.2) is 47.1 Å². The molecule has 0 radical (unpaired) electrons. The number of likely N-dealkylation sites (tertiary alicyclic amines) is 1. The quantitative estimate of drug-likeness (QED) is 0.919. The summed E-state index contributed by atoms with van der Waals surface area (Å²) in [6.07, 6.45) is 1.13. The summed E-state index contributed by atoms with van der Waals surface area (Å²) >= 11 is 0. The predicted molar refractivity (Wildman–Crippen MR) is 86.0 cm³/mol. The Kier molecular flexibility index (Phi) is 4.70. The first kappa shape index (κ1) is 17.3. The van der Waals surface area contributed by atoms with Crippen LogP contribution in [0.4, 0.5) is 10.6 Å². The molecule has 0 aromatic carbocycles. The zero-order valence-corrected chi connectivity index (χ0v) is 14.3. The van der Waals surface area contributed by atoms with E-state index >= 15 is 0 Å². The van der Waals surface area contributed by atoms with Gasteiger partial charge in [-0.15, -0.1) is 0 Å². The standard InChI is InChI=1S/C16H25N3O4/c1-15(2,3)23-14(20)19-10-8-16(4,21-5)13(19)22-11-7-6-9-18-12(11)17/h6-7,9,13H,8,10H2,1-5H3,(H2,17,18). The number of aromatic nitrogens is 1. The molecule has 0 spiro atoms. The number of nitrogens with two attached hydrogens (primary N) is 1. The summed E-state index contributed by atoms with van der Waals surface area (Å²) in [4.78, 5) is 18.0. The molecule has 0 aliphatic carbocycles. The fraction of sp³-hybridized carbons (Fsp3) is 0.625. The number of pyridine rings is 1. The number of amides is 1. The largest absolute Gasteiger partial charge is 0.463 e. The first-order valence-electron chi connectivity index (χ1n) is 7.58. The van der Waals surface area contributed by atoms with Crippen molar-refractivity contribution in [1.29, 1.82) is 0 Å². The summed E-state index contributed by atoms with van der Waals surface area (Å²) in [7, 11) is 1.60. The van der Waals surface area contributed by atoms with Gasteiger partial charge in [0.05, 0.1) is 0 Å². The van der Waals surface area contributed by atoms with Gasteiger partial charge in [-0.1, -0.05) is 0 Å². The molecule has 2 unspecified atom stereocenters. The van der Waals surface area contributed by atoms with Crippen LogP contribution in [0.1, 0.15) is 34.1 Å². The highest BCUT2D eigenvalue weighted by molar-refractivity contribution is 5.69. The van der Waals surface area contributed by atoms with Gasteiger partial charge in [0.25, 0.3) is 0 Å². The Morgan fingerprint density at radius 2 is 2.17 bits per heavy atom. The zero-order chi connectivity index (χ0) is 17.3. The molecule has 1 saturated heterocycles. The highest BCUT2D eigenvalue weighted by Gasteiger charge is 2.49. The molecule has 2 N–H and O–H groups in total. The van der Waals surface area contributed by atoms with Gasteiger partial charge in [0.2, 0.25) is 6.23 Å². The SMILES string of the molecule is COC1(C)CCN(C(=O)OC(C)(C)C)C1Oc1cccnc1N. The molecule has 2 heterocycles. The summed E-state index contributed by atoms with van der Waals surface area (Å²) in [5.74, 6) is 0.679. The highest BCUT2D eigenvalue weighted by Crippen LogP contribution is 2.35.